The van der Waals surface area contributed by atoms with E-state index in [1.54, 1.807) is 17.0 Å². The Labute approximate surface area is 215 Å². The number of rotatable bonds is 9. The molecule has 0 spiro atoms. The Kier molecular flexibility index (Phi) is 7.73. The summed E-state index contributed by atoms with van der Waals surface area (Å²) in [5.41, 5.74) is 2.68. The number of halogens is 1. The number of aryl methyl sites for hydroxylation is 1. The van der Waals surface area contributed by atoms with Crippen molar-refractivity contribution in [3.63, 3.8) is 0 Å². The fourth-order valence-corrected chi connectivity index (χ4v) is 5.57. The minimum absolute atomic E-state index is 0.131. The smallest absolute Gasteiger partial charge is 0.234 e. The van der Waals surface area contributed by atoms with Gasteiger partial charge in [-0.05, 0) is 61.7 Å². The van der Waals surface area contributed by atoms with E-state index in [2.05, 4.69) is 9.97 Å². The predicted octanol–water partition coefficient (Wildman–Crippen LogP) is 6.03. The van der Waals surface area contributed by atoms with Crippen LogP contribution in [0.15, 0.2) is 82.7 Å². The van der Waals surface area contributed by atoms with Gasteiger partial charge < -0.3 is 15.1 Å². The highest BCUT2D eigenvalue weighted by Gasteiger charge is 2.32. The van der Waals surface area contributed by atoms with Crippen LogP contribution in [0.3, 0.4) is 0 Å². The summed E-state index contributed by atoms with van der Waals surface area (Å²) in [4.78, 5) is 8.90. The van der Waals surface area contributed by atoms with E-state index in [9.17, 15) is 23.0 Å². The Morgan fingerprint density at radius 3 is 2.19 bits per heavy atom. The lowest BCUT2D eigenvalue weighted by atomic mass is 10.1. The minimum Gasteiger partial charge on any atom is -0.504 e. The first-order valence-electron chi connectivity index (χ1n) is 12.0. The van der Waals surface area contributed by atoms with Crippen molar-refractivity contribution in [2.75, 3.05) is 11.4 Å². The molecule has 0 atom stereocenters. The van der Waals surface area contributed by atoms with Crippen molar-refractivity contribution in [3.05, 3.63) is 84.6 Å². The maximum atomic E-state index is 13.7. The van der Waals surface area contributed by atoms with Gasteiger partial charge in [0.2, 0.25) is 21.7 Å². The minimum atomic E-state index is -4.35. The van der Waals surface area contributed by atoms with Crippen molar-refractivity contribution in [1.82, 2.24) is 9.97 Å². The summed E-state index contributed by atoms with van der Waals surface area (Å²) < 4.78 is 40.5. The second-order valence-electron chi connectivity index (χ2n) is 8.49. The molecule has 0 aliphatic rings. The predicted molar refractivity (Wildman–Crippen MR) is 140 cm³/mol. The average molecular weight is 522 g/mol. The van der Waals surface area contributed by atoms with Crippen LogP contribution in [-0.4, -0.2) is 35.1 Å². The molecule has 0 amide bonds. The van der Waals surface area contributed by atoms with Crippen LogP contribution in [0.4, 0.5) is 15.8 Å². The van der Waals surface area contributed by atoms with E-state index in [1.165, 1.54) is 30.5 Å². The maximum absolute atomic E-state index is 13.7. The van der Waals surface area contributed by atoms with Crippen molar-refractivity contribution < 1.29 is 23.0 Å². The molecule has 9 heteroatoms. The van der Waals surface area contributed by atoms with Gasteiger partial charge in [-0.3, -0.25) is 0 Å². The summed E-state index contributed by atoms with van der Waals surface area (Å²) in [5.74, 6) is -1.91. The van der Waals surface area contributed by atoms with Crippen molar-refractivity contribution in [2.24, 2.45) is 0 Å². The topological polar surface area (TPSA) is 104 Å². The van der Waals surface area contributed by atoms with Gasteiger partial charge in [-0.15, -0.1) is 0 Å². The maximum Gasteiger partial charge on any atom is 0.234 e. The Bertz CT molecular complexity index is 1480. The van der Waals surface area contributed by atoms with Gasteiger partial charge in [-0.1, -0.05) is 43.7 Å². The standard InChI is InChI=1S/C28H28FN3O4S/c1-3-5-11-23-25(32(4-2)21-9-7-6-8-10-21)26(33)27(28(34)31-23)37(35,36)22-15-12-19(13-16-22)20-14-17-24(29)30-18-20/h6-10,12-18H,3-5,11H2,1-2H3,(H2,31,33,34). The molecule has 192 valence electrons. The number of nitrogens with zero attached hydrogens (tertiary/aromatic N) is 3. The molecule has 0 aliphatic carbocycles. The number of hydrogen-bond donors (Lipinski definition) is 2. The number of aromatic hydroxyl groups is 2. The van der Waals surface area contributed by atoms with Crippen molar-refractivity contribution in [1.29, 1.82) is 0 Å². The molecule has 37 heavy (non-hydrogen) atoms. The number of anilines is 2. The monoisotopic (exact) mass is 521 g/mol. The highest BCUT2D eigenvalue weighted by atomic mass is 32.2. The molecule has 7 nitrogen and oxygen atoms in total. The molecule has 4 rings (SSSR count). The first kappa shape index (κ1) is 26.1. The zero-order valence-electron chi connectivity index (χ0n) is 20.6. The number of benzene rings is 2. The number of para-hydroxylation sites is 1. The molecule has 0 fully saturated rings. The van der Waals surface area contributed by atoms with Gasteiger partial charge >= 0.3 is 0 Å². The average Bonchev–Trinajstić information content (AvgIpc) is 2.90. The molecule has 0 saturated carbocycles. The third-order valence-corrected chi connectivity index (χ3v) is 7.88. The zero-order chi connectivity index (χ0) is 26.6. The summed E-state index contributed by atoms with van der Waals surface area (Å²) in [5, 5.41) is 22.2. The van der Waals surface area contributed by atoms with Crippen LogP contribution in [0, 0.1) is 5.95 Å². The van der Waals surface area contributed by atoms with Gasteiger partial charge in [-0.2, -0.15) is 4.39 Å². The molecule has 2 aromatic carbocycles. The highest BCUT2D eigenvalue weighted by molar-refractivity contribution is 7.91. The van der Waals surface area contributed by atoms with Crippen molar-refractivity contribution in [2.45, 2.75) is 42.9 Å². The Balaban J connectivity index is 1.84. The summed E-state index contributed by atoms with van der Waals surface area (Å²) in [6.07, 6.45) is 3.41. The Hall–Kier alpha value is -3.98. The van der Waals surface area contributed by atoms with Gasteiger partial charge in [0.25, 0.3) is 0 Å². The van der Waals surface area contributed by atoms with Crippen molar-refractivity contribution in [3.8, 4) is 22.8 Å². The summed E-state index contributed by atoms with van der Waals surface area (Å²) >= 11 is 0. The largest absolute Gasteiger partial charge is 0.504 e. The van der Waals surface area contributed by atoms with Gasteiger partial charge in [0.05, 0.1) is 10.6 Å². The third-order valence-electron chi connectivity index (χ3n) is 6.07. The van der Waals surface area contributed by atoms with Crippen LogP contribution in [0.1, 0.15) is 32.4 Å². The molecule has 2 aromatic heterocycles. The quantitative estimate of drug-likeness (QED) is 0.259. The van der Waals surface area contributed by atoms with Gasteiger partial charge in [0, 0.05) is 24.0 Å². The summed E-state index contributed by atoms with van der Waals surface area (Å²) in [7, 11) is -4.35. The fraction of sp³-hybridized carbons (Fsp3) is 0.214. The molecule has 2 heterocycles. The summed E-state index contributed by atoms with van der Waals surface area (Å²) in [6.45, 7) is 4.34. The van der Waals surface area contributed by atoms with E-state index >= 15 is 0 Å². The molecular weight excluding hydrogens is 493 g/mol. The van der Waals surface area contributed by atoms with E-state index in [4.69, 9.17) is 0 Å². The van der Waals surface area contributed by atoms with E-state index in [1.807, 2.05) is 44.2 Å². The molecule has 2 N–H and O–H groups in total. The van der Waals surface area contributed by atoms with Crippen LogP contribution < -0.4 is 4.90 Å². The second kappa shape index (κ2) is 11.0. The number of hydrogen-bond acceptors (Lipinski definition) is 7. The highest BCUT2D eigenvalue weighted by Crippen LogP contribution is 2.45. The molecule has 4 aromatic rings. The first-order chi connectivity index (χ1) is 17.8. The molecule has 0 radical (unpaired) electrons. The van der Waals surface area contributed by atoms with E-state index < -0.39 is 32.3 Å². The second-order valence-corrected chi connectivity index (χ2v) is 10.4. The van der Waals surface area contributed by atoms with Crippen LogP contribution in [0.25, 0.3) is 11.1 Å². The lowest BCUT2D eigenvalue weighted by Gasteiger charge is -2.27. The van der Waals surface area contributed by atoms with Gasteiger partial charge in [0.1, 0.15) is 5.69 Å². The SMILES string of the molecule is CCCCc1nc(O)c(S(=O)(=O)c2ccc(-c3ccc(F)nc3)cc2)c(O)c1N(CC)c1ccccc1. The lowest BCUT2D eigenvalue weighted by Crippen LogP contribution is -2.20. The van der Waals surface area contributed by atoms with Gasteiger partial charge in [0.15, 0.2) is 10.6 Å². The molecular formula is C28H28FN3O4S. The fourth-order valence-electron chi connectivity index (χ4n) is 4.20. The normalized spacial score (nSPS) is 11.4. The van der Waals surface area contributed by atoms with Crippen LogP contribution >= 0.6 is 0 Å². The molecule has 0 bridgehead atoms. The molecule has 0 unspecified atom stereocenters. The van der Waals surface area contributed by atoms with E-state index in [0.717, 1.165) is 18.5 Å². The third kappa shape index (κ3) is 5.27. The molecule has 0 saturated heterocycles. The molecule has 0 aliphatic heterocycles. The number of sulfone groups is 1. The van der Waals surface area contributed by atoms with E-state index in [-0.39, 0.29) is 10.6 Å². The number of pyridine rings is 2. The van der Waals surface area contributed by atoms with Crippen molar-refractivity contribution >= 4 is 21.2 Å². The Morgan fingerprint density at radius 1 is 0.919 bits per heavy atom. The lowest BCUT2D eigenvalue weighted by molar-refractivity contribution is 0.405. The number of unbranched alkanes of at least 4 members (excludes halogenated alkanes) is 1. The van der Waals surface area contributed by atoms with Crippen LogP contribution in [0.2, 0.25) is 0 Å². The van der Waals surface area contributed by atoms with Crippen LogP contribution in [0.5, 0.6) is 11.6 Å². The van der Waals surface area contributed by atoms with E-state index in [0.29, 0.717) is 29.8 Å². The number of aromatic nitrogens is 2. The van der Waals surface area contributed by atoms with Gasteiger partial charge in [-0.25, -0.2) is 18.4 Å². The Morgan fingerprint density at radius 2 is 1.59 bits per heavy atom. The zero-order valence-corrected chi connectivity index (χ0v) is 21.4. The van der Waals surface area contributed by atoms with Crippen LogP contribution in [-0.2, 0) is 16.3 Å². The first-order valence-corrected chi connectivity index (χ1v) is 13.5. The summed E-state index contributed by atoms with van der Waals surface area (Å²) in [6, 6.07) is 17.9.